The standard InChI is InChI=1S/C11H18N2O2/c1-7(2)5-13-6-9(14)12-10(8(3)4)11(13)15/h8,10H,1,5-6H2,2-4H3,(H,12,14). The first-order valence-corrected chi connectivity index (χ1v) is 5.14. The topological polar surface area (TPSA) is 49.4 Å². The summed E-state index contributed by atoms with van der Waals surface area (Å²) in [6.07, 6.45) is 0. The van der Waals surface area contributed by atoms with Gasteiger partial charge in [0.1, 0.15) is 6.04 Å². The van der Waals surface area contributed by atoms with Gasteiger partial charge in [0.2, 0.25) is 11.8 Å². The second-order valence-electron chi connectivity index (χ2n) is 4.44. The summed E-state index contributed by atoms with van der Waals surface area (Å²) in [6, 6.07) is -0.384. The van der Waals surface area contributed by atoms with Crippen LogP contribution < -0.4 is 5.32 Å². The molecule has 1 rings (SSSR count). The van der Waals surface area contributed by atoms with Crippen molar-refractivity contribution in [1.82, 2.24) is 10.2 Å². The second-order valence-corrected chi connectivity index (χ2v) is 4.44. The van der Waals surface area contributed by atoms with Crippen molar-refractivity contribution in [1.29, 1.82) is 0 Å². The zero-order valence-corrected chi connectivity index (χ0v) is 9.54. The molecule has 0 aromatic heterocycles. The van der Waals surface area contributed by atoms with E-state index in [2.05, 4.69) is 11.9 Å². The van der Waals surface area contributed by atoms with E-state index in [1.165, 1.54) is 0 Å². The molecule has 0 spiro atoms. The minimum atomic E-state index is -0.384. The third-order valence-electron chi connectivity index (χ3n) is 2.36. The van der Waals surface area contributed by atoms with Crippen LogP contribution in [0.3, 0.4) is 0 Å². The van der Waals surface area contributed by atoms with Gasteiger partial charge in [0.05, 0.1) is 6.54 Å². The number of nitrogens with one attached hydrogen (secondary N) is 1. The number of nitrogens with zero attached hydrogens (tertiary/aromatic N) is 1. The van der Waals surface area contributed by atoms with Crippen LogP contribution >= 0.6 is 0 Å². The van der Waals surface area contributed by atoms with Gasteiger partial charge in [-0.15, -0.1) is 0 Å². The first-order valence-electron chi connectivity index (χ1n) is 5.14. The molecule has 1 aliphatic rings. The summed E-state index contributed by atoms with van der Waals surface area (Å²) in [7, 11) is 0. The molecule has 0 bridgehead atoms. The summed E-state index contributed by atoms with van der Waals surface area (Å²) in [5, 5.41) is 2.71. The van der Waals surface area contributed by atoms with E-state index < -0.39 is 0 Å². The Hall–Kier alpha value is -1.32. The number of amides is 2. The molecule has 0 aromatic rings. The fourth-order valence-corrected chi connectivity index (χ4v) is 1.64. The Balaban J connectivity index is 2.76. The maximum absolute atomic E-state index is 11.9. The van der Waals surface area contributed by atoms with Crippen LogP contribution in [-0.4, -0.2) is 35.8 Å². The molecule has 0 saturated carbocycles. The van der Waals surface area contributed by atoms with Crippen LogP contribution in [0.15, 0.2) is 12.2 Å². The minimum Gasteiger partial charge on any atom is -0.343 e. The van der Waals surface area contributed by atoms with E-state index in [-0.39, 0.29) is 30.3 Å². The van der Waals surface area contributed by atoms with Crippen molar-refractivity contribution >= 4 is 11.8 Å². The minimum absolute atomic E-state index is 0.00685. The van der Waals surface area contributed by atoms with Crippen molar-refractivity contribution in [2.45, 2.75) is 26.8 Å². The maximum Gasteiger partial charge on any atom is 0.246 e. The highest BCUT2D eigenvalue weighted by Crippen LogP contribution is 2.11. The number of rotatable bonds is 3. The average Bonchev–Trinajstić information content (AvgIpc) is 2.09. The fraction of sp³-hybridized carbons (Fsp3) is 0.636. The van der Waals surface area contributed by atoms with Gasteiger partial charge >= 0.3 is 0 Å². The van der Waals surface area contributed by atoms with Gasteiger partial charge in [-0.3, -0.25) is 9.59 Å². The SMILES string of the molecule is C=C(C)CN1CC(=O)NC(C(C)C)C1=O. The molecule has 1 atom stereocenters. The Labute approximate surface area is 90.3 Å². The van der Waals surface area contributed by atoms with E-state index in [1.54, 1.807) is 4.90 Å². The molecule has 2 amide bonds. The lowest BCUT2D eigenvalue weighted by atomic mass is 10.0. The van der Waals surface area contributed by atoms with Crippen molar-refractivity contribution in [2.75, 3.05) is 13.1 Å². The van der Waals surface area contributed by atoms with Crippen molar-refractivity contribution in [3.8, 4) is 0 Å². The molecule has 4 heteroatoms. The normalized spacial score (nSPS) is 21.9. The van der Waals surface area contributed by atoms with Crippen LogP contribution in [0.25, 0.3) is 0 Å². The molecule has 1 heterocycles. The molecular weight excluding hydrogens is 192 g/mol. The van der Waals surface area contributed by atoms with E-state index in [9.17, 15) is 9.59 Å². The Kier molecular flexibility index (Phi) is 3.50. The van der Waals surface area contributed by atoms with Gasteiger partial charge in [-0.25, -0.2) is 0 Å². The van der Waals surface area contributed by atoms with Crippen LogP contribution in [0.4, 0.5) is 0 Å². The van der Waals surface area contributed by atoms with Gasteiger partial charge < -0.3 is 10.2 Å². The van der Waals surface area contributed by atoms with Crippen LogP contribution in [0.5, 0.6) is 0 Å². The van der Waals surface area contributed by atoms with Gasteiger partial charge in [-0.05, 0) is 12.8 Å². The molecule has 1 aliphatic heterocycles. The number of piperazine rings is 1. The first-order chi connectivity index (χ1) is 6.91. The number of hydrogen-bond acceptors (Lipinski definition) is 2. The van der Waals surface area contributed by atoms with Gasteiger partial charge in [-0.1, -0.05) is 26.0 Å². The molecule has 1 N–H and O–H groups in total. The fourth-order valence-electron chi connectivity index (χ4n) is 1.64. The van der Waals surface area contributed by atoms with E-state index in [0.717, 1.165) is 5.57 Å². The summed E-state index contributed by atoms with van der Waals surface area (Å²) in [5.74, 6) is 0.0246. The smallest absolute Gasteiger partial charge is 0.246 e. The molecule has 1 saturated heterocycles. The van der Waals surface area contributed by atoms with Crippen molar-refractivity contribution in [3.05, 3.63) is 12.2 Å². The van der Waals surface area contributed by atoms with E-state index >= 15 is 0 Å². The Morgan fingerprint density at radius 2 is 2.20 bits per heavy atom. The number of carbonyl (C=O) groups excluding carboxylic acids is 2. The first kappa shape index (κ1) is 11.8. The predicted molar refractivity (Wildman–Crippen MR) is 58.2 cm³/mol. The highest BCUT2D eigenvalue weighted by molar-refractivity contribution is 5.95. The highest BCUT2D eigenvalue weighted by Gasteiger charge is 2.34. The summed E-state index contributed by atoms with van der Waals surface area (Å²) >= 11 is 0. The lowest BCUT2D eigenvalue weighted by Gasteiger charge is -2.34. The molecule has 1 fully saturated rings. The van der Waals surface area contributed by atoms with Gasteiger partial charge in [0.15, 0.2) is 0 Å². The molecular formula is C11H18N2O2. The third kappa shape index (κ3) is 2.81. The lowest BCUT2D eigenvalue weighted by Crippen LogP contribution is -2.59. The molecule has 4 nitrogen and oxygen atoms in total. The molecule has 1 unspecified atom stereocenters. The van der Waals surface area contributed by atoms with Crippen molar-refractivity contribution in [3.63, 3.8) is 0 Å². The van der Waals surface area contributed by atoms with E-state index in [4.69, 9.17) is 0 Å². The Morgan fingerprint density at radius 1 is 1.60 bits per heavy atom. The lowest BCUT2D eigenvalue weighted by molar-refractivity contribution is -0.145. The molecule has 15 heavy (non-hydrogen) atoms. The largest absolute Gasteiger partial charge is 0.343 e. The zero-order chi connectivity index (χ0) is 11.6. The zero-order valence-electron chi connectivity index (χ0n) is 9.54. The molecule has 0 aliphatic carbocycles. The number of carbonyl (C=O) groups is 2. The van der Waals surface area contributed by atoms with Crippen LogP contribution in [-0.2, 0) is 9.59 Å². The van der Waals surface area contributed by atoms with Gasteiger partial charge in [-0.2, -0.15) is 0 Å². The molecule has 0 aromatic carbocycles. The molecule has 0 radical (unpaired) electrons. The Morgan fingerprint density at radius 3 is 2.67 bits per heavy atom. The monoisotopic (exact) mass is 210 g/mol. The van der Waals surface area contributed by atoms with Gasteiger partial charge in [0, 0.05) is 6.54 Å². The third-order valence-corrected chi connectivity index (χ3v) is 2.36. The Bertz CT molecular complexity index is 295. The van der Waals surface area contributed by atoms with E-state index in [1.807, 2.05) is 20.8 Å². The van der Waals surface area contributed by atoms with Crippen LogP contribution in [0, 0.1) is 5.92 Å². The summed E-state index contributed by atoms with van der Waals surface area (Å²) in [6.45, 7) is 10.1. The van der Waals surface area contributed by atoms with E-state index in [0.29, 0.717) is 6.54 Å². The van der Waals surface area contributed by atoms with Gasteiger partial charge in [0.25, 0.3) is 0 Å². The summed E-state index contributed by atoms with van der Waals surface area (Å²) < 4.78 is 0. The molecule has 84 valence electrons. The number of hydrogen-bond donors (Lipinski definition) is 1. The quantitative estimate of drug-likeness (QED) is 0.691. The van der Waals surface area contributed by atoms with Crippen molar-refractivity contribution < 1.29 is 9.59 Å². The van der Waals surface area contributed by atoms with Crippen molar-refractivity contribution in [2.24, 2.45) is 5.92 Å². The van der Waals surface area contributed by atoms with Crippen LogP contribution in [0.2, 0.25) is 0 Å². The highest BCUT2D eigenvalue weighted by atomic mass is 16.2. The average molecular weight is 210 g/mol. The maximum atomic E-state index is 11.9. The predicted octanol–water partition coefficient (Wildman–Crippen LogP) is 0.545. The summed E-state index contributed by atoms with van der Waals surface area (Å²) in [5.41, 5.74) is 0.889. The van der Waals surface area contributed by atoms with Crippen LogP contribution in [0.1, 0.15) is 20.8 Å². The second kappa shape index (κ2) is 4.47. The summed E-state index contributed by atoms with van der Waals surface area (Å²) in [4.78, 5) is 24.9.